The fraction of sp³-hybridized carbons (Fsp3) is 0.200. The molecule has 1 rings (SSSR count). The summed E-state index contributed by atoms with van der Waals surface area (Å²) < 4.78 is 0. The van der Waals surface area contributed by atoms with E-state index in [-0.39, 0.29) is 18.0 Å². The first-order valence-electron chi connectivity index (χ1n) is 2.30. The second kappa shape index (κ2) is 3.25. The first-order valence-corrected chi connectivity index (χ1v) is 2.30. The number of halogens is 1. The Bertz CT molecular complexity index is 232. The SMILES string of the molecule is Cc1cc(=O)[nH]cn1.Cl. The Labute approximate surface area is 58.6 Å². The fourth-order valence-electron chi connectivity index (χ4n) is 0.466. The van der Waals surface area contributed by atoms with E-state index >= 15 is 0 Å². The summed E-state index contributed by atoms with van der Waals surface area (Å²) in [5, 5.41) is 0. The van der Waals surface area contributed by atoms with Gasteiger partial charge in [-0.1, -0.05) is 0 Å². The monoisotopic (exact) mass is 146 g/mol. The van der Waals surface area contributed by atoms with E-state index in [1.54, 1.807) is 6.92 Å². The lowest BCUT2D eigenvalue weighted by Gasteiger charge is -1.83. The summed E-state index contributed by atoms with van der Waals surface area (Å²) in [7, 11) is 0. The molecule has 0 fully saturated rings. The van der Waals surface area contributed by atoms with Crippen molar-refractivity contribution in [2.45, 2.75) is 6.92 Å². The summed E-state index contributed by atoms with van der Waals surface area (Å²) in [6.45, 7) is 1.77. The van der Waals surface area contributed by atoms with Crippen LogP contribution >= 0.6 is 12.4 Å². The largest absolute Gasteiger partial charge is 0.313 e. The highest BCUT2D eigenvalue weighted by atomic mass is 35.5. The molecular weight excluding hydrogens is 140 g/mol. The van der Waals surface area contributed by atoms with Crippen LogP contribution in [0.1, 0.15) is 5.69 Å². The molecule has 1 aromatic rings. The fourth-order valence-corrected chi connectivity index (χ4v) is 0.466. The van der Waals surface area contributed by atoms with Crippen molar-refractivity contribution >= 4 is 12.4 Å². The van der Waals surface area contributed by atoms with Gasteiger partial charge in [-0.15, -0.1) is 12.4 Å². The van der Waals surface area contributed by atoms with Crippen molar-refractivity contribution in [2.75, 3.05) is 0 Å². The van der Waals surface area contributed by atoms with Crippen molar-refractivity contribution in [1.82, 2.24) is 9.97 Å². The third-order valence-corrected chi connectivity index (χ3v) is 0.815. The molecule has 1 heterocycles. The average Bonchev–Trinajstić information content (AvgIpc) is 1.64. The number of aromatic nitrogens is 2. The van der Waals surface area contributed by atoms with E-state index in [9.17, 15) is 4.79 Å². The minimum absolute atomic E-state index is 0. The zero-order valence-corrected chi connectivity index (χ0v) is 5.73. The van der Waals surface area contributed by atoms with E-state index in [2.05, 4.69) is 9.97 Å². The Hall–Kier alpha value is -0.830. The van der Waals surface area contributed by atoms with E-state index in [4.69, 9.17) is 0 Å². The molecule has 0 radical (unpaired) electrons. The normalized spacial score (nSPS) is 8.11. The van der Waals surface area contributed by atoms with Gasteiger partial charge in [-0.05, 0) is 6.92 Å². The number of hydrogen-bond acceptors (Lipinski definition) is 2. The second-order valence-electron chi connectivity index (χ2n) is 1.55. The Kier molecular flexibility index (Phi) is 2.95. The van der Waals surface area contributed by atoms with Crippen LogP contribution in [0.15, 0.2) is 17.2 Å². The minimum atomic E-state index is -0.0995. The first kappa shape index (κ1) is 8.17. The number of nitrogens with one attached hydrogen (secondary N) is 1. The third-order valence-electron chi connectivity index (χ3n) is 0.815. The summed E-state index contributed by atoms with van der Waals surface area (Å²) in [5.74, 6) is 0. The number of nitrogens with zero attached hydrogens (tertiary/aromatic N) is 1. The lowest BCUT2D eigenvalue weighted by atomic mass is 10.5. The molecule has 0 saturated heterocycles. The molecule has 9 heavy (non-hydrogen) atoms. The van der Waals surface area contributed by atoms with Crippen LogP contribution in [0.5, 0.6) is 0 Å². The quantitative estimate of drug-likeness (QED) is 0.580. The maximum absolute atomic E-state index is 10.4. The first-order chi connectivity index (χ1) is 3.79. The summed E-state index contributed by atoms with van der Waals surface area (Å²) in [5.41, 5.74) is 0.645. The van der Waals surface area contributed by atoms with Crippen molar-refractivity contribution in [2.24, 2.45) is 0 Å². The molecule has 0 spiro atoms. The van der Waals surface area contributed by atoms with Gasteiger partial charge >= 0.3 is 0 Å². The number of aromatic amines is 1. The maximum Gasteiger partial charge on any atom is 0.250 e. The van der Waals surface area contributed by atoms with Gasteiger partial charge in [-0.25, -0.2) is 4.98 Å². The van der Waals surface area contributed by atoms with Crippen LogP contribution in [0.25, 0.3) is 0 Å². The average molecular weight is 147 g/mol. The van der Waals surface area contributed by atoms with Crippen LogP contribution in [-0.4, -0.2) is 9.97 Å². The van der Waals surface area contributed by atoms with E-state index < -0.39 is 0 Å². The zero-order valence-electron chi connectivity index (χ0n) is 4.92. The van der Waals surface area contributed by atoms with E-state index in [1.165, 1.54) is 12.4 Å². The molecule has 1 aromatic heterocycles. The van der Waals surface area contributed by atoms with Gasteiger partial charge in [0.25, 0.3) is 5.56 Å². The Morgan fingerprint density at radius 3 is 2.67 bits per heavy atom. The van der Waals surface area contributed by atoms with Crippen LogP contribution in [0, 0.1) is 6.92 Å². The number of H-pyrrole nitrogens is 1. The molecule has 0 aliphatic rings. The molecule has 0 amide bonds. The van der Waals surface area contributed by atoms with Gasteiger partial charge < -0.3 is 4.98 Å². The van der Waals surface area contributed by atoms with Gasteiger partial charge in [0.2, 0.25) is 0 Å². The van der Waals surface area contributed by atoms with Crippen LogP contribution in [0.4, 0.5) is 0 Å². The van der Waals surface area contributed by atoms with Gasteiger partial charge in [0.05, 0.1) is 6.33 Å². The van der Waals surface area contributed by atoms with E-state index in [1.807, 2.05) is 0 Å². The molecule has 0 saturated carbocycles. The van der Waals surface area contributed by atoms with Gasteiger partial charge in [0, 0.05) is 11.8 Å². The second-order valence-corrected chi connectivity index (χ2v) is 1.55. The molecule has 1 N–H and O–H groups in total. The van der Waals surface area contributed by atoms with E-state index in [0.717, 1.165) is 5.69 Å². The molecule has 50 valence electrons. The smallest absolute Gasteiger partial charge is 0.250 e. The Morgan fingerprint density at radius 2 is 2.33 bits per heavy atom. The highest BCUT2D eigenvalue weighted by Crippen LogP contribution is 1.77. The zero-order chi connectivity index (χ0) is 5.98. The topological polar surface area (TPSA) is 45.8 Å². The number of aryl methyl sites for hydroxylation is 1. The van der Waals surface area contributed by atoms with Crippen molar-refractivity contribution in [3.8, 4) is 0 Å². The van der Waals surface area contributed by atoms with Crippen LogP contribution in [-0.2, 0) is 0 Å². The number of rotatable bonds is 0. The molecule has 0 bridgehead atoms. The Balaban J connectivity index is 0.000000640. The standard InChI is InChI=1S/C5H6N2O.ClH/c1-4-2-5(8)7-3-6-4;/h2-3H,1H3,(H,6,7,8);1H. The summed E-state index contributed by atoms with van der Waals surface area (Å²) in [4.78, 5) is 16.6. The van der Waals surface area contributed by atoms with Crippen molar-refractivity contribution in [1.29, 1.82) is 0 Å². The van der Waals surface area contributed by atoms with Crippen LogP contribution < -0.4 is 5.56 Å². The van der Waals surface area contributed by atoms with Crippen LogP contribution in [0.2, 0.25) is 0 Å². The van der Waals surface area contributed by atoms with E-state index in [0.29, 0.717) is 0 Å². The molecule has 0 unspecified atom stereocenters. The van der Waals surface area contributed by atoms with Gasteiger partial charge in [-0.2, -0.15) is 0 Å². The molecule has 0 atom stereocenters. The summed E-state index contributed by atoms with van der Waals surface area (Å²) in [6.07, 6.45) is 1.39. The summed E-state index contributed by atoms with van der Waals surface area (Å²) in [6, 6.07) is 1.44. The highest BCUT2D eigenvalue weighted by molar-refractivity contribution is 5.85. The van der Waals surface area contributed by atoms with Gasteiger partial charge in [0.15, 0.2) is 0 Å². The number of hydrogen-bond donors (Lipinski definition) is 1. The van der Waals surface area contributed by atoms with Gasteiger partial charge in [0.1, 0.15) is 0 Å². The molecule has 0 aromatic carbocycles. The van der Waals surface area contributed by atoms with Crippen LogP contribution in [0.3, 0.4) is 0 Å². The molecule has 4 heteroatoms. The minimum Gasteiger partial charge on any atom is -0.313 e. The highest BCUT2D eigenvalue weighted by Gasteiger charge is 1.81. The predicted octanol–water partition coefficient (Wildman–Crippen LogP) is 0.500. The lowest BCUT2D eigenvalue weighted by molar-refractivity contribution is 1.06. The van der Waals surface area contributed by atoms with Gasteiger partial charge in [-0.3, -0.25) is 4.79 Å². The molecular formula is C5H7ClN2O. The lowest BCUT2D eigenvalue weighted by Crippen LogP contribution is -2.03. The maximum atomic E-state index is 10.4. The Morgan fingerprint density at radius 1 is 1.67 bits per heavy atom. The third kappa shape index (κ3) is 2.28. The van der Waals surface area contributed by atoms with Crippen molar-refractivity contribution < 1.29 is 0 Å². The summed E-state index contributed by atoms with van der Waals surface area (Å²) >= 11 is 0. The van der Waals surface area contributed by atoms with Crippen molar-refractivity contribution in [3.05, 3.63) is 28.4 Å². The van der Waals surface area contributed by atoms with Crippen molar-refractivity contribution in [3.63, 3.8) is 0 Å². The molecule has 0 aliphatic heterocycles. The predicted molar refractivity (Wildman–Crippen MR) is 36.8 cm³/mol. The molecule has 3 nitrogen and oxygen atoms in total. The molecule has 0 aliphatic carbocycles.